The third-order valence-electron chi connectivity index (χ3n) is 12.3. The summed E-state index contributed by atoms with van der Waals surface area (Å²) in [5, 5.41) is 2.32. The Kier molecular flexibility index (Phi) is 11.3. The molecule has 0 saturated heterocycles. The van der Waals surface area contributed by atoms with Crippen LogP contribution in [0.4, 0.5) is 51.2 Å². The van der Waals surface area contributed by atoms with Crippen molar-refractivity contribution in [2.75, 3.05) is 14.7 Å². The highest BCUT2D eigenvalue weighted by Crippen LogP contribution is 2.41. The molecule has 0 atom stereocenters. The van der Waals surface area contributed by atoms with Crippen LogP contribution < -0.4 is 14.7 Å². The average Bonchev–Trinajstić information content (AvgIpc) is 3.41. The van der Waals surface area contributed by atoms with E-state index in [4.69, 9.17) is 4.98 Å². The summed E-state index contributed by atoms with van der Waals surface area (Å²) in [5.74, 6) is 0. The van der Waals surface area contributed by atoms with Crippen LogP contribution in [0.5, 0.6) is 0 Å². The quantitative estimate of drug-likeness (QED) is 0.122. The standard InChI is InChI=1S/C63H46N4/c1-5-16-53(17-6-1)65(54-18-7-2-8-19-54)57-35-25-47(26-36-57)49-29-39-59(40-30-49)67(61-43-33-52(34-44-61)63-62-24-14-13-15-51(62)45-46-64-63)60-41-31-50(32-42-60)48-27-37-58(38-28-48)66(55-20-9-3-10-21-55)56-22-11-4-12-23-56/h1-46H. The molecule has 4 heteroatoms. The number of nitrogens with zero attached hydrogens (tertiary/aromatic N) is 4. The molecular weight excluding hydrogens is 813 g/mol. The van der Waals surface area contributed by atoms with Crippen LogP contribution in [0.25, 0.3) is 44.3 Å². The summed E-state index contributed by atoms with van der Waals surface area (Å²) in [4.78, 5) is 11.7. The monoisotopic (exact) mass is 858 g/mol. The van der Waals surface area contributed by atoms with Gasteiger partial charge in [0.25, 0.3) is 0 Å². The van der Waals surface area contributed by atoms with Gasteiger partial charge in [0.2, 0.25) is 0 Å². The lowest BCUT2D eigenvalue weighted by molar-refractivity contribution is 1.28. The van der Waals surface area contributed by atoms with Gasteiger partial charge in [-0.3, -0.25) is 4.98 Å². The Morgan fingerprint density at radius 1 is 0.209 bits per heavy atom. The van der Waals surface area contributed by atoms with Crippen molar-refractivity contribution in [3.8, 4) is 33.5 Å². The molecule has 0 saturated carbocycles. The molecule has 67 heavy (non-hydrogen) atoms. The summed E-state index contributed by atoms with van der Waals surface area (Å²) in [7, 11) is 0. The van der Waals surface area contributed by atoms with E-state index in [1.54, 1.807) is 0 Å². The Balaban J connectivity index is 0.910. The highest BCUT2D eigenvalue weighted by molar-refractivity contribution is 5.95. The molecule has 0 spiro atoms. The molecule has 0 aliphatic rings. The number of hydrogen-bond donors (Lipinski definition) is 0. The van der Waals surface area contributed by atoms with Crippen LogP contribution in [0.1, 0.15) is 0 Å². The second-order valence-corrected chi connectivity index (χ2v) is 16.5. The van der Waals surface area contributed by atoms with Crippen LogP contribution >= 0.6 is 0 Å². The fraction of sp³-hybridized carbons (Fsp3) is 0. The van der Waals surface area contributed by atoms with Crippen LogP contribution in [0, 0.1) is 0 Å². The zero-order valence-electron chi connectivity index (χ0n) is 36.8. The Bertz CT molecular complexity index is 3090. The first kappa shape index (κ1) is 40.8. The van der Waals surface area contributed by atoms with E-state index >= 15 is 0 Å². The first-order valence-electron chi connectivity index (χ1n) is 22.7. The average molecular weight is 859 g/mol. The molecule has 1 aromatic heterocycles. The van der Waals surface area contributed by atoms with E-state index in [1.165, 1.54) is 5.39 Å². The summed E-state index contributed by atoms with van der Waals surface area (Å²) >= 11 is 0. The number of pyridine rings is 1. The van der Waals surface area contributed by atoms with E-state index < -0.39 is 0 Å². The van der Waals surface area contributed by atoms with Gasteiger partial charge in [0.05, 0.1) is 5.69 Å². The maximum atomic E-state index is 4.82. The van der Waals surface area contributed by atoms with Crippen molar-refractivity contribution in [3.05, 3.63) is 279 Å². The Labute approximate surface area is 392 Å². The second kappa shape index (κ2) is 18.6. The van der Waals surface area contributed by atoms with Gasteiger partial charge in [0, 0.05) is 68.3 Å². The van der Waals surface area contributed by atoms with Gasteiger partial charge in [0.1, 0.15) is 0 Å². The number of fused-ring (bicyclic) bond motifs is 1. The zero-order chi connectivity index (χ0) is 44.8. The highest BCUT2D eigenvalue weighted by Gasteiger charge is 2.17. The molecule has 0 radical (unpaired) electrons. The minimum absolute atomic E-state index is 0.980. The molecule has 318 valence electrons. The number of anilines is 9. The van der Waals surface area contributed by atoms with Crippen LogP contribution in [-0.4, -0.2) is 4.98 Å². The zero-order valence-corrected chi connectivity index (χ0v) is 36.8. The molecule has 0 bridgehead atoms. The molecule has 0 amide bonds. The first-order chi connectivity index (χ1) is 33.2. The molecule has 10 aromatic carbocycles. The van der Waals surface area contributed by atoms with Crippen molar-refractivity contribution >= 4 is 62.0 Å². The topological polar surface area (TPSA) is 22.6 Å². The minimum atomic E-state index is 0.980. The van der Waals surface area contributed by atoms with Gasteiger partial charge in [-0.2, -0.15) is 0 Å². The number of rotatable bonds is 12. The third kappa shape index (κ3) is 8.55. The maximum absolute atomic E-state index is 4.82. The van der Waals surface area contributed by atoms with Crippen molar-refractivity contribution in [3.63, 3.8) is 0 Å². The fourth-order valence-corrected chi connectivity index (χ4v) is 8.98. The lowest BCUT2D eigenvalue weighted by atomic mass is 10.0. The Morgan fingerprint density at radius 2 is 0.463 bits per heavy atom. The smallest absolute Gasteiger partial charge is 0.0780 e. The fourth-order valence-electron chi connectivity index (χ4n) is 8.98. The summed E-state index contributed by atoms with van der Waals surface area (Å²) in [6.45, 7) is 0. The van der Waals surface area contributed by atoms with Gasteiger partial charge >= 0.3 is 0 Å². The van der Waals surface area contributed by atoms with Crippen molar-refractivity contribution in [2.45, 2.75) is 0 Å². The number of para-hydroxylation sites is 4. The van der Waals surface area contributed by atoms with Gasteiger partial charge in [-0.15, -0.1) is 0 Å². The van der Waals surface area contributed by atoms with E-state index in [1.807, 2.05) is 6.20 Å². The first-order valence-corrected chi connectivity index (χ1v) is 22.7. The molecule has 0 N–H and O–H groups in total. The molecule has 0 unspecified atom stereocenters. The summed E-state index contributed by atoms with van der Waals surface area (Å²) in [6.07, 6.45) is 1.90. The summed E-state index contributed by atoms with van der Waals surface area (Å²) < 4.78 is 0. The summed E-state index contributed by atoms with van der Waals surface area (Å²) in [5.41, 5.74) is 16.5. The molecule has 1 heterocycles. The van der Waals surface area contributed by atoms with Gasteiger partial charge in [-0.25, -0.2) is 0 Å². The second-order valence-electron chi connectivity index (χ2n) is 16.5. The van der Waals surface area contributed by atoms with Gasteiger partial charge in [-0.1, -0.05) is 158 Å². The van der Waals surface area contributed by atoms with Crippen molar-refractivity contribution in [1.29, 1.82) is 0 Å². The van der Waals surface area contributed by atoms with E-state index in [0.717, 1.165) is 90.1 Å². The minimum Gasteiger partial charge on any atom is -0.311 e. The maximum Gasteiger partial charge on any atom is 0.0780 e. The van der Waals surface area contributed by atoms with E-state index in [0.29, 0.717) is 0 Å². The van der Waals surface area contributed by atoms with Gasteiger partial charge in [-0.05, 0) is 143 Å². The number of benzene rings is 10. The van der Waals surface area contributed by atoms with Crippen molar-refractivity contribution < 1.29 is 0 Å². The third-order valence-corrected chi connectivity index (χ3v) is 12.3. The van der Waals surface area contributed by atoms with Crippen molar-refractivity contribution in [1.82, 2.24) is 4.98 Å². The van der Waals surface area contributed by atoms with Crippen LogP contribution in [0.2, 0.25) is 0 Å². The van der Waals surface area contributed by atoms with E-state index in [2.05, 4.69) is 288 Å². The predicted octanol–water partition coefficient (Wildman–Crippen LogP) is 17.6. The molecular formula is C63H46N4. The lowest BCUT2D eigenvalue weighted by Crippen LogP contribution is -2.10. The Morgan fingerprint density at radius 3 is 0.776 bits per heavy atom. The van der Waals surface area contributed by atoms with Gasteiger partial charge < -0.3 is 14.7 Å². The molecule has 0 fully saturated rings. The normalized spacial score (nSPS) is 11.0. The van der Waals surface area contributed by atoms with E-state index in [-0.39, 0.29) is 0 Å². The lowest BCUT2D eigenvalue weighted by Gasteiger charge is -2.27. The van der Waals surface area contributed by atoms with E-state index in [9.17, 15) is 0 Å². The van der Waals surface area contributed by atoms with Crippen LogP contribution in [0.15, 0.2) is 279 Å². The Hall–Kier alpha value is -8.99. The summed E-state index contributed by atoms with van der Waals surface area (Å²) in [6, 6.07) is 96.9. The van der Waals surface area contributed by atoms with Gasteiger partial charge in [0.15, 0.2) is 0 Å². The molecule has 0 aliphatic heterocycles. The predicted molar refractivity (Wildman–Crippen MR) is 282 cm³/mol. The van der Waals surface area contributed by atoms with Crippen LogP contribution in [0.3, 0.4) is 0 Å². The highest BCUT2D eigenvalue weighted by atomic mass is 15.2. The molecule has 11 rings (SSSR count). The number of aromatic nitrogens is 1. The molecule has 11 aromatic rings. The molecule has 0 aliphatic carbocycles. The molecule has 4 nitrogen and oxygen atoms in total. The largest absolute Gasteiger partial charge is 0.311 e. The van der Waals surface area contributed by atoms with Crippen LogP contribution in [-0.2, 0) is 0 Å². The SMILES string of the molecule is c1ccc(N(c2ccccc2)c2ccc(-c3ccc(N(c4ccc(-c5ccc(N(c6ccccc6)c6ccccc6)cc5)cc4)c4ccc(-c5nccc6ccccc56)cc4)cc3)cc2)cc1. The number of hydrogen-bond acceptors (Lipinski definition) is 4. The van der Waals surface area contributed by atoms with Crippen molar-refractivity contribution in [2.24, 2.45) is 0 Å².